The zero-order chi connectivity index (χ0) is 15.0. The van der Waals surface area contributed by atoms with E-state index in [1.807, 2.05) is 5.38 Å². The summed E-state index contributed by atoms with van der Waals surface area (Å²) in [6, 6.07) is 2.42. The second-order valence-electron chi connectivity index (χ2n) is 4.28. The standard InChI is InChI=1S/C13H9ClF2N4S/c14-10-9(15)2-1-8(11(10)16)12-18-3-4-20(12)5-7-6-21-13(17)19-7/h1-4,6H,5H2,(H2,17,19). The molecule has 0 atom stereocenters. The zero-order valence-electron chi connectivity index (χ0n) is 10.6. The fourth-order valence-corrected chi connectivity index (χ4v) is 2.67. The molecule has 2 heterocycles. The van der Waals surface area contributed by atoms with E-state index in [1.54, 1.807) is 10.8 Å². The van der Waals surface area contributed by atoms with E-state index >= 15 is 0 Å². The highest BCUT2D eigenvalue weighted by atomic mass is 35.5. The minimum absolute atomic E-state index is 0.134. The van der Waals surface area contributed by atoms with Crippen molar-refractivity contribution in [3.05, 3.63) is 52.3 Å². The van der Waals surface area contributed by atoms with Gasteiger partial charge in [0, 0.05) is 17.8 Å². The number of nitrogen functional groups attached to an aromatic ring is 1. The summed E-state index contributed by atoms with van der Waals surface area (Å²) in [6.07, 6.45) is 3.21. The van der Waals surface area contributed by atoms with Crippen molar-refractivity contribution in [1.82, 2.24) is 14.5 Å². The molecule has 0 unspecified atom stereocenters. The van der Waals surface area contributed by atoms with Crippen molar-refractivity contribution in [1.29, 1.82) is 0 Å². The SMILES string of the molecule is Nc1nc(Cn2ccnc2-c2ccc(F)c(Cl)c2F)cs1. The molecule has 0 bridgehead atoms. The molecular formula is C13H9ClF2N4S. The van der Waals surface area contributed by atoms with Crippen molar-refractivity contribution in [2.45, 2.75) is 6.54 Å². The van der Waals surface area contributed by atoms with Crippen LogP contribution in [-0.4, -0.2) is 14.5 Å². The molecule has 0 radical (unpaired) electrons. The number of nitrogens with zero attached hydrogens (tertiary/aromatic N) is 3. The summed E-state index contributed by atoms with van der Waals surface area (Å²) in [6.45, 7) is 0.386. The Morgan fingerprint density at radius 1 is 1.33 bits per heavy atom. The highest BCUT2D eigenvalue weighted by Gasteiger charge is 2.17. The molecule has 4 nitrogen and oxygen atoms in total. The topological polar surface area (TPSA) is 56.7 Å². The largest absolute Gasteiger partial charge is 0.375 e. The van der Waals surface area contributed by atoms with Crippen LogP contribution in [-0.2, 0) is 6.54 Å². The highest BCUT2D eigenvalue weighted by Crippen LogP contribution is 2.29. The second-order valence-corrected chi connectivity index (χ2v) is 5.55. The highest BCUT2D eigenvalue weighted by molar-refractivity contribution is 7.13. The number of nitrogens with two attached hydrogens (primary N) is 1. The molecule has 0 aliphatic heterocycles. The summed E-state index contributed by atoms with van der Waals surface area (Å²) >= 11 is 6.92. The quantitative estimate of drug-likeness (QED) is 0.749. The van der Waals surface area contributed by atoms with E-state index in [1.165, 1.54) is 23.6 Å². The van der Waals surface area contributed by atoms with Crippen LogP contribution in [0.5, 0.6) is 0 Å². The van der Waals surface area contributed by atoms with Crippen molar-refractivity contribution < 1.29 is 8.78 Å². The van der Waals surface area contributed by atoms with Gasteiger partial charge in [0.15, 0.2) is 10.9 Å². The molecule has 0 fully saturated rings. The molecule has 1 aromatic carbocycles. The first-order valence-corrected chi connectivity index (χ1v) is 7.17. The molecule has 3 rings (SSSR count). The number of rotatable bonds is 3. The first-order valence-electron chi connectivity index (χ1n) is 5.91. The van der Waals surface area contributed by atoms with Crippen molar-refractivity contribution in [3.8, 4) is 11.4 Å². The van der Waals surface area contributed by atoms with Gasteiger partial charge in [0.05, 0.1) is 17.8 Å². The molecule has 0 amide bonds. The van der Waals surface area contributed by atoms with Crippen LogP contribution in [0, 0.1) is 11.6 Å². The number of hydrogen-bond acceptors (Lipinski definition) is 4. The van der Waals surface area contributed by atoms with E-state index in [2.05, 4.69) is 9.97 Å². The molecule has 3 aromatic rings. The summed E-state index contributed by atoms with van der Waals surface area (Å²) in [4.78, 5) is 8.25. The van der Waals surface area contributed by atoms with Gasteiger partial charge in [0.1, 0.15) is 16.7 Å². The Hall–Kier alpha value is -1.99. The minimum atomic E-state index is -0.832. The molecule has 8 heteroatoms. The molecule has 21 heavy (non-hydrogen) atoms. The monoisotopic (exact) mass is 326 g/mol. The van der Waals surface area contributed by atoms with E-state index in [0.29, 0.717) is 17.5 Å². The molecule has 0 aliphatic carbocycles. The Morgan fingerprint density at radius 2 is 2.14 bits per heavy atom. The van der Waals surface area contributed by atoms with Gasteiger partial charge < -0.3 is 10.3 Å². The van der Waals surface area contributed by atoms with Gasteiger partial charge in [0.2, 0.25) is 0 Å². The molecule has 108 valence electrons. The number of thiazole rings is 1. The maximum absolute atomic E-state index is 14.1. The molecule has 0 aliphatic rings. The molecule has 0 saturated carbocycles. The van der Waals surface area contributed by atoms with E-state index < -0.39 is 16.7 Å². The molecular weight excluding hydrogens is 318 g/mol. The Morgan fingerprint density at radius 3 is 2.86 bits per heavy atom. The van der Waals surface area contributed by atoms with Gasteiger partial charge in [-0.15, -0.1) is 11.3 Å². The van der Waals surface area contributed by atoms with Crippen LogP contribution in [0.15, 0.2) is 29.9 Å². The summed E-state index contributed by atoms with van der Waals surface area (Å²) in [5.41, 5.74) is 6.46. The Labute approximate surface area is 127 Å². The zero-order valence-corrected chi connectivity index (χ0v) is 12.1. The van der Waals surface area contributed by atoms with Crippen molar-refractivity contribution in [2.24, 2.45) is 0 Å². The third-order valence-corrected chi connectivity index (χ3v) is 3.96. The van der Waals surface area contributed by atoms with E-state index in [9.17, 15) is 8.78 Å². The van der Waals surface area contributed by atoms with Gasteiger partial charge >= 0.3 is 0 Å². The van der Waals surface area contributed by atoms with Crippen LogP contribution in [0.25, 0.3) is 11.4 Å². The fraction of sp³-hybridized carbons (Fsp3) is 0.0769. The molecule has 0 spiro atoms. The second kappa shape index (κ2) is 5.42. The van der Waals surface area contributed by atoms with Crippen LogP contribution >= 0.6 is 22.9 Å². The van der Waals surface area contributed by atoms with E-state index in [4.69, 9.17) is 17.3 Å². The maximum Gasteiger partial charge on any atom is 0.180 e. The fourth-order valence-electron chi connectivity index (χ4n) is 1.95. The molecule has 0 saturated heterocycles. The van der Waals surface area contributed by atoms with Gasteiger partial charge in [-0.2, -0.15) is 0 Å². The predicted molar refractivity (Wildman–Crippen MR) is 78.2 cm³/mol. The van der Waals surface area contributed by atoms with Gasteiger partial charge in [0.25, 0.3) is 0 Å². The van der Waals surface area contributed by atoms with Crippen molar-refractivity contribution >= 4 is 28.1 Å². The number of hydrogen-bond donors (Lipinski definition) is 1. The van der Waals surface area contributed by atoms with Gasteiger partial charge in [-0.05, 0) is 12.1 Å². The predicted octanol–water partition coefficient (Wildman–Crippen LogP) is 3.57. The lowest BCUT2D eigenvalue weighted by Crippen LogP contribution is -2.03. The van der Waals surface area contributed by atoms with Crippen LogP contribution in [0.4, 0.5) is 13.9 Å². The normalized spacial score (nSPS) is 11.0. The summed E-state index contributed by atoms with van der Waals surface area (Å²) in [7, 11) is 0. The number of imidazole rings is 1. The number of anilines is 1. The molecule has 2 N–H and O–H groups in total. The van der Waals surface area contributed by atoms with E-state index in [0.717, 1.165) is 11.8 Å². The van der Waals surface area contributed by atoms with Crippen molar-refractivity contribution in [2.75, 3.05) is 5.73 Å². The van der Waals surface area contributed by atoms with Gasteiger partial charge in [-0.1, -0.05) is 11.6 Å². The lowest BCUT2D eigenvalue weighted by Gasteiger charge is -2.08. The number of halogens is 3. The lowest BCUT2D eigenvalue weighted by molar-refractivity contribution is 0.584. The van der Waals surface area contributed by atoms with Crippen LogP contribution < -0.4 is 5.73 Å². The summed E-state index contributed by atoms with van der Waals surface area (Å²) < 4.78 is 29.0. The third kappa shape index (κ3) is 2.62. The van der Waals surface area contributed by atoms with Crippen LogP contribution in [0.2, 0.25) is 5.02 Å². The average molecular weight is 327 g/mol. The van der Waals surface area contributed by atoms with Gasteiger partial charge in [-0.3, -0.25) is 0 Å². The first kappa shape index (κ1) is 14.0. The van der Waals surface area contributed by atoms with Crippen LogP contribution in [0.1, 0.15) is 5.69 Å². The summed E-state index contributed by atoms with van der Waals surface area (Å²) in [5.74, 6) is -1.29. The summed E-state index contributed by atoms with van der Waals surface area (Å²) in [5, 5.41) is 1.73. The first-order chi connectivity index (χ1) is 10.1. The van der Waals surface area contributed by atoms with Crippen molar-refractivity contribution in [3.63, 3.8) is 0 Å². The Bertz CT molecular complexity index is 799. The van der Waals surface area contributed by atoms with E-state index in [-0.39, 0.29) is 5.56 Å². The third-order valence-electron chi connectivity index (χ3n) is 2.89. The van der Waals surface area contributed by atoms with Crippen LogP contribution in [0.3, 0.4) is 0 Å². The Balaban J connectivity index is 2.01. The number of aromatic nitrogens is 3. The number of benzene rings is 1. The smallest absolute Gasteiger partial charge is 0.180 e. The minimum Gasteiger partial charge on any atom is -0.375 e. The average Bonchev–Trinajstić information content (AvgIpc) is 3.06. The Kier molecular flexibility index (Phi) is 3.60. The maximum atomic E-state index is 14.1. The molecule has 2 aromatic heterocycles. The van der Waals surface area contributed by atoms with Gasteiger partial charge in [-0.25, -0.2) is 18.7 Å². The lowest BCUT2D eigenvalue weighted by atomic mass is 10.2.